The van der Waals surface area contributed by atoms with Crippen molar-refractivity contribution >= 4 is 5.97 Å². The minimum Gasteiger partial charge on any atom is -0.487 e. The van der Waals surface area contributed by atoms with E-state index in [1.54, 1.807) is 18.2 Å². The largest absolute Gasteiger partial charge is 0.487 e. The summed E-state index contributed by atoms with van der Waals surface area (Å²) in [6.45, 7) is 3.56. The van der Waals surface area contributed by atoms with Crippen LogP contribution in [0.4, 0.5) is 0 Å². The van der Waals surface area contributed by atoms with E-state index >= 15 is 0 Å². The van der Waals surface area contributed by atoms with E-state index in [0.29, 0.717) is 5.56 Å². The Morgan fingerprint density at radius 2 is 1.65 bits per heavy atom. The van der Waals surface area contributed by atoms with Crippen LogP contribution < -0.4 is 0 Å². The summed E-state index contributed by atoms with van der Waals surface area (Å²) in [5, 5.41) is 8.53. The fraction of sp³-hybridized carbons (Fsp3) is 0. The predicted molar refractivity (Wildman–Crippen MR) is 63.1 cm³/mol. The maximum absolute atomic E-state index is 10.4. The van der Waals surface area contributed by atoms with Gasteiger partial charge in [0.05, 0.1) is 0 Å². The van der Waals surface area contributed by atoms with Crippen LogP contribution in [0.1, 0.15) is 15.9 Å². The zero-order valence-electron chi connectivity index (χ0n) is 9.34. The number of carboxylic acids is 1. The smallest absolute Gasteiger partial charge is 0.279 e. The first-order chi connectivity index (χ1) is 7.72. The van der Waals surface area contributed by atoms with E-state index in [1.807, 2.05) is 30.3 Å². The maximum atomic E-state index is 10.4. The fourth-order valence-corrected chi connectivity index (χ4v) is 1.07. The molecule has 2 rings (SSSR count). The molecule has 1 radical (unpaired) electrons. The number of carboxylic acid groups (broad SMARTS) is 1. The standard InChI is InChI=1S/C8H7O2.C6H5.Y/c1-6-4-2-3-5-7(6)8(9)10;1-2-4-6-5-3-1;/h2-5H,1H2,(H,9,10);1-5H;/q2*-1;. The van der Waals surface area contributed by atoms with Gasteiger partial charge >= 0.3 is 0 Å². The van der Waals surface area contributed by atoms with Crippen molar-refractivity contribution in [2.75, 3.05) is 0 Å². The van der Waals surface area contributed by atoms with Crippen molar-refractivity contribution in [1.82, 2.24) is 0 Å². The molecule has 0 aliphatic rings. The minimum absolute atomic E-state index is 0. The molecule has 0 heterocycles. The molecule has 0 saturated heterocycles. The summed E-state index contributed by atoms with van der Waals surface area (Å²) >= 11 is 0. The van der Waals surface area contributed by atoms with Crippen LogP contribution in [-0.2, 0) is 32.7 Å². The monoisotopic (exact) mass is 301 g/mol. The fourth-order valence-electron chi connectivity index (χ4n) is 1.07. The minimum atomic E-state index is -0.925. The van der Waals surface area contributed by atoms with Gasteiger partial charge in [-0.15, -0.1) is 12.1 Å². The Morgan fingerprint density at radius 1 is 1.06 bits per heavy atom. The summed E-state index contributed by atoms with van der Waals surface area (Å²) in [5.41, 5.74) is 0.817. The average molecular weight is 301 g/mol. The molecule has 0 amide bonds. The average Bonchev–Trinajstić information content (AvgIpc) is 2.32. The molecule has 3 heteroatoms. The second-order valence-electron chi connectivity index (χ2n) is 3.04. The van der Waals surface area contributed by atoms with E-state index in [2.05, 4.69) is 13.0 Å². The van der Waals surface area contributed by atoms with Crippen LogP contribution in [-0.4, -0.2) is 11.1 Å². The Kier molecular flexibility index (Phi) is 8.38. The van der Waals surface area contributed by atoms with Crippen molar-refractivity contribution in [3.63, 3.8) is 0 Å². The van der Waals surface area contributed by atoms with Gasteiger partial charge in [-0.05, 0) is 5.56 Å². The van der Waals surface area contributed by atoms with Crippen LogP contribution in [0, 0.1) is 13.0 Å². The third kappa shape index (κ3) is 6.25. The van der Waals surface area contributed by atoms with Crippen molar-refractivity contribution in [2.24, 2.45) is 0 Å². The van der Waals surface area contributed by atoms with E-state index in [4.69, 9.17) is 5.11 Å². The number of carbonyl (C=O) groups is 1. The molecular formula is C14H12O2Y-2. The van der Waals surface area contributed by atoms with Crippen molar-refractivity contribution in [2.45, 2.75) is 0 Å². The van der Waals surface area contributed by atoms with E-state index in [-0.39, 0.29) is 38.3 Å². The molecule has 0 aromatic heterocycles. The van der Waals surface area contributed by atoms with Crippen molar-refractivity contribution in [1.29, 1.82) is 0 Å². The zero-order valence-corrected chi connectivity index (χ0v) is 12.2. The van der Waals surface area contributed by atoms with Gasteiger partial charge in [0.1, 0.15) is 0 Å². The normalized spacial score (nSPS) is 8.24. The van der Waals surface area contributed by atoms with Crippen LogP contribution in [0.3, 0.4) is 0 Å². The Labute approximate surface area is 127 Å². The number of aromatic carboxylic acids is 1. The van der Waals surface area contributed by atoms with E-state index in [0.717, 1.165) is 0 Å². The first kappa shape index (κ1) is 15.9. The van der Waals surface area contributed by atoms with Gasteiger partial charge in [0, 0.05) is 32.7 Å². The van der Waals surface area contributed by atoms with Crippen LogP contribution >= 0.6 is 0 Å². The van der Waals surface area contributed by atoms with Crippen LogP contribution in [0.5, 0.6) is 0 Å². The van der Waals surface area contributed by atoms with Gasteiger partial charge in [0.25, 0.3) is 5.97 Å². The molecule has 2 nitrogen and oxygen atoms in total. The summed E-state index contributed by atoms with van der Waals surface area (Å²) in [4.78, 5) is 10.4. The third-order valence-corrected chi connectivity index (χ3v) is 1.85. The maximum Gasteiger partial charge on any atom is 0.279 e. The van der Waals surface area contributed by atoms with Gasteiger partial charge in [-0.2, -0.15) is 55.0 Å². The molecule has 2 aromatic carbocycles. The molecule has 17 heavy (non-hydrogen) atoms. The third-order valence-electron chi connectivity index (χ3n) is 1.85. The second-order valence-corrected chi connectivity index (χ2v) is 3.04. The van der Waals surface area contributed by atoms with Crippen molar-refractivity contribution in [3.05, 3.63) is 78.7 Å². The molecule has 0 atom stereocenters. The van der Waals surface area contributed by atoms with Crippen LogP contribution in [0.15, 0.2) is 54.6 Å². The molecule has 0 unspecified atom stereocenters. The Bertz CT molecular complexity index is 414. The molecule has 0 fully saturated rings. The topological polar surface area (TPSA) is 37.3 Å². The quantitative estimate of drug-likeness (QED) is 0.822. The molecule has 0 saturated carbocycles. The van der Waals surface area contributed by atoms with E-state index in [1.165, 1.54) is 6.07 Å². The molecule has 2 aromatic rings. The summed E-state index contributed by atoms with van der Waals surface area (Å²) in [7, 11) is 0. The van der Waals surface area contributed by atoms with Crippen LogP contribution in [0.2, 0.25) is 0 Å². The molecule has 0 aliphatic carbocycles. The molecular weight excluding hydrogens is 289 g/mol. The van der Waals surface area contributed by atoms with E-state index in [9.17, 15) is 4.79 Å². The number of benzene rings is 2. The first-order valence-electron chi connectivity index (χ1n) is 4.77. The molecule has 0 aliphatic heterocycles. The zero-order chi connectivity index (χ0) is 11.8. The van der Waals surface area contributed by atoms with Gasteiger partial charge in [0.15, 0.2) is 0 Å². The summed E-state index contributed by atoms with van der Waals surface area (Å²) < 4.78 is 0. The number of rotatable bonds is 1. The predicted octanol–water partition coefficient (Wildman–Crippen LogP) is 3.05. The summed E-state index contributed by atoms with van der Waals surface area (Å²) in [5.74, 6) is -0.925. The second kappa shape index (κ2) is 8.97. The van der Waals surface area contributed by atoms with Crippen molar-refractivity contribution < 1.29 is 42.6 Å². The molecule has 0 spiro atoms. The Morgan fingerprint density at radius 3 is 1.94 bits per heavy atom. The summed E-state index contributed by atoms with van der Waals surface area (Å²) in [6.07, 6.45) is 0. The molecule has 85 valence electrons. The Hall–Kier alpha value is -1.12. The molecule has 1 N–H and O–H groups in total. The van der Waals surface area contributed by atoms with Gasteiger partial charge in [0.2, 0.25) is 0 Å². The summed E-state index contributed by atoms with van der Waals surface area (Å²) in [6, 6.07) is 19.1. The van der Waals surface area contributed by atoms with Gasteiger partial charge in [-0.25, -0.2) is 0 Å². The number of hydrogen-bond acceptors (Lipinski definition) is 1. The van der Waals surface area contributed by atoms with Crippen molar-refractivity contribution in [3.8, 4) is 0 Å². The molecule has 0 bridgehead atoms. The van der Waals surface area contributed by atoms with Gasteiger partial charge < -0.3 is 5.11 Å². The van der Waals surface area contributed by atoms with Crippen LogP contribution in [0.25, 0.3) is 0 Å². The van der Waals surface area contributed by atoms with Gasteiger partial charge in [-0.1, -0.05) is 6.07 Å². The first-order valence-corrected chi connectivity index (χ1v) is 4.77. The SMILES string of the molecule is [CH2-]c1ccccc1C(=O)O.[Y].[c-]1ccccc1. The van der Waals surface area contributed by atoms with Gasteiger partial charge in [-0.3, -0.25) is 4.79 Å². The Balaban J connectivity index is 0.000000316. The van der Waals surface area contributed by atoms with E-state index < -0.39 is 5.97 Å². The number of hydrogen-bond donors (Lipinski definition) is 1.